The molecule has 0 saturated carbocycles. The third-order valence-corrected chi connectivity index (χ3v) is 9.74. The molecule has 2 aliphatic rings. The Morgan fingerprint density at radius 3 is 1.83 bits per heavy atom. The van der Waals surface area contributed by atoms with Gasteiger partial charge in [-0.05, 0) is 96.9 Å². The molecule has 5 aromatic rings. The van der Waals surface area contributed by atoms with Crippen molar-refractivity contribution in [3.8, 4) is 33.4 Å². The molecule has 5 heteroatoms. The second kappa shape index (κ2) is 10.4. The third kappa shape index (κ3) is 4.92. The third-order valence-electron chi connectivity index (χ3n) is 8.60. The first kappa shape index (κ1) is 27.0. The van der Waals surface area contributed by atoms with E-state index in [-0.39, 0.29) is 18.3 Å². The molecule has 206 valence electrons. The van der Waals surface area contributed by atoms with Crippen LogP contribution in [0.25, 0.3) is 33.4 Å². The van der Waals surface area contributed by atoms with Gasteiger partial charge in [0.25, 0.3) is 0 Å². The van der Waals surface area contributed by atoms with Crippen LogP contribution in [-0.2, 0) is 9.31 Å². The van der Waals surface area contributed by atoms with Gasteiger partial charge in [-0.1, -0.05) is 96.7 Å². The Morgan fingerprint density at radius 1 is 0.571 bits per heavy atom. The SMILES string of the molecule is CC1(C)OB(c2cccc(-c3cccc(-c4cccc(-c5cccc6c5C=Nc5ccccc5S6)c4)c3)c2)OC1(C)C. The summed E-state index contributed by atoms with van der Waals surface area (Å²) in [6, 6.07) is 40.9. The summed E-state index contributed by atoms with van der Waals surface area (Å²) in [6.45, 7) is 8.36. The molecule has 42 heavy (non-hydrogen) atoms. The summed E-state index contributed by atoms with van der Waals surface area (Å²) in [6.07, 6.45) is 2.02. The number of hydrogen-bond acceptors (Lipinski definition) is 4. The van der Waals surface area contributed by atoms with E-state index in [0.717, 1.165) is 27.8 Å². The Bertz CT molecular complexity index is 1830. The van der Waals surface area contributed by atoms with Crippen LogP contribution in [0.5, 0.6) is 0 Å². The summed E-state index contributed by atoms with van der Waals surface area (Å²) < 4.78 is 12.6. The number of fused-ring (bicyclic) bond motifs is 2. The summed E-state index contributed by atoms with van der Waals surface area (Å²) in [7, 11) is -0.384. The molecule has 2 heterocycles. The molecule has 7 rings (SSSR count). The number of hydrogen-bond donors (Lipinski definition) is 0. The van der Waals surface area contributed by atoms with E-state index in [4.69, 9.17) is 14.3 Å². The number of aliphatic imine (C=N–C) groups is 1. The Hall–Kier alpha value is -3.90. The second-order valence-electron chi connectivity index (χ2n) is 11.9. The lowest BCUT2D eigenvalue weighted by atomic mass is 9.78. The molecule has 2 aliphatic heterocycles. The van der Waals surface area contributed by atoms with Crippen LogP contribution in [0.2, 0.25) is 0 Å². The van der Waals surface area contributed by atoms with Gasteiger partial charge in [0.05, 0.1) is 16.9 Å². The summed E-state index contributed by atoms with van der Waals surface area (Å²) in [5, 5.41) is 0. The van der Waals surface area contributed by atoms with Crippen LogP contribution < -0.4 is 5.46 Å². The van der Waals surface area contributed by atoms with Gasteiger partial charge >= 0.3 is 7.12 Å². The molecule has 0 radical (unpaired) electrons. The summed E-state index contributed by atoms with van der Waals surface area (Å²) in [5.41, 5.74) is 9.47. The fraction of sp³-hybridized carbons (Fsp3) is 0.162. The molecular weight excluding hydrogens is 533 g/mol. The maximum Gasteiger partial charge on any atom is 0.494 e. The van der Waals surface area contributed by atoms with E-state index in [1.807, 2.05) is 12.3 Å². The molecule has 0 spiro atoms. The van der Waals surface area contributed by atoms with E-state index in [1.54, 1.807) is 11.8 Å². The molecule has 0 aromatic heterocycles. The summed E-state index contributed by atoms with van der Waals surface area (Å²) in [4.78, 5) is 7.22. The highest BCUT2D eigenvalue weighted by molar-refractivity contribution is 7.99. The van der Waals surface area contributed by atoms with Crippen molar-refractivity contribution in [1.29, 1.82) is 0 Å². The van der Waals surface area contributed by atoms with Crippen LogP contribution in [-0.4, -0.2) is 24.5 Å². The maximum absolute atomic E-state index is 6.32. The molecule has 0 bridgehead atoms. The molecular formula is C37H32BNO2S. The Morgan fingerprint density at radius 2 is 1.12 bits per heavy atom. The zero-order valence-electron chi connectivity index (χ0n) is 24.3. The van der Waals surface area contributed by atoms with Crippen molar-refractivity contribution in [2.45, 2.75) is 48.7 Å². The van der Waals surface area contributed by atoms with Gasteiger partial charge in [-0.25, -0.2) is 0 Å². The second-order valence-corrected chi connectivity index (χ2v) is 13.0. The van der Waals surface area contributed by atoms with Crippen LogP contribution >= 0.6 is 11.8 Å². The van der Waals surface area contributed by atoms with Gasteiger partial charge in [0.15, 0.2) is 0 Å². The molecule has 1 fully saturated rings. The standard InChI is InChI=1S/C37H32BNO2S/c1-36(2)37(3,4)41-38(40-36)30-16-9-14-28(23-30)26-12-7-11-25(21-26)27-13-8-15-29(22-27)31-17-10-20-34-32(31)24-39-33-18-5-6-19-35(33)42-34/h5-24H,1-4H3. The van der Waals surface area contributed by atoms with E-state index in [0.29, 0.717) is 0 Å². The Kier molecular flexibility index (Phi) is 6.70. The van der Waals surface area contributed by atoms with Crippen LogP contribution in [0.15, 0.2) is 130 Å². The average molecular weight is 566 g/mol. The van der Waals surface area contributed by atoms with Crippen molar-refractivity contribution >= 4 is 36.2 Å². The van der Waals surface area contributed by atoms with Gasteiger partial charge in [0.1, 0.15) is 0 Å². The number of rotatable bonds is 4. The van der Waals surface area contributed by atoms with Gasteiger partial charge in [0.2, 0.25) is 0 Å². The van der Waals surface area contributed by atoms with E-state index in [1.165, 1.54) is 32.0 Å². The van der Waals surface area contributed by atoms with Crippen LogP contribution in [0.3, 0.4) is 0 Å². The van der Waals surface area contributed by atoms with E-state index >= 15 is 0 Å². The van der Waals surface area contributed by atoms with Crippen LogP contribution in [0.4, 0.5) is 5.69 Å². The zero-order chi connectivity index (χ0) is 28.9. The van der Waals surface area contributed by atoms with Gasteiger partial charge in [-0.2, -0.15) is 0 Å². The lowest BCUT2D eigenvalue weighted by molar-refractivity contribution is 0.00578. The maximum atomic E-state index is 6.32. The van der Waals surface area contributed by atoms with Gasteiger partial charge in [-0.3, -0.25) is 4.99 Å². The minimum Gasteiger partial charge on any atom is -0.399 e. The smallest absolute Gasteiger partial charge is 0.399 e. The van der Waals surface area contributed by atoms with Crippen molar-refractivity contribution in [2.75, 3.05) is 0 Å². The van der Waals surface area contributed by atoms with Gasteiger partial charge < -0.3 is 9.31 Å². The quantitative estimate of drug-likeness (QED) is 0.200. The first-order valence-electron chi connectivity index (χ1n) is 14.4. The topological polar surface area (TPSA) is 30.8 Å². The Balaban J connectivity index is 1.21. The van der Waals surface area contributed by atoms with E-state index in [9.17, 15) is 0 Å². The van der Waals surface area contributed by atoms with Crippen molar-refractivity contribution in [2.24, 2.45) is 4.99 Å². The fourth-order valence-electron chi connectivity index (χ4n) is 5.51. The molecule has 0 amide bonds. The highest BCUT2D eigenvalue weighted by atomic mass is 32.2. The molecule has 3 nitrogen and oxygen atoms in total. The number of nitrogens with zero attached hydrogens (tertiary/aromatic N) is 1. The van der Waals surface area contributed by atoms with E-state index in [2.05, 4.69) is 137 Å². The molecule has 0 aliphatic carbocycles. The highest BCUT2D eigenvalue weighted by Gasteiger charge is 2.51. The highest BCUT2D eigenvalue weighted by Crippen LogP contribution is 2.42. The molecule has 0 unspecified atom stereocenters. The zero-order valence-corrected chi connectivity index (χ0v) is 25.1. The molecule has 0 N–H and O–H groups in total. The largest absolute Gasteiger partial charge is 0.494 e. The monoisotopic (exact) mass is 565 g/mol. The Labute approximate surface area is 252 Å². The predicted octanol–water partition coefficient (Wildman–Crippen LogP) is 9.20. The molecule has 5 aromatic carbocycles. The first-order chi connectivity index (χ1) is 20.3. The van der Waals surface area contributed by atoms with Crippen molar-refractivity contribution < 1.29 is 9.31 Å². The average Bonchev–Trinajstić information content (AvgIpc) is 3.12. The fourth-order valence-corrected chi connectivity index (χ4v) is 6.54. The molecule has 0 atom stereocenters. The number of para-hydroxylation sites is 1. The van der Waals surface area contributed by atoms with Crippen LogP contribution in [0.1, 0.15) is 33.3 Å². The summed E-state index contributed by atoms with van der Waals surface area (Å²) >= 11 is 1.78. The van der Waals surface area contributed by atoms with Crippen molar-refractivity contribution in [3.05, 3.63) is 121 Å². The van der Waals surface area contributed by atoms with Gasteiger partial charge in [0, 0.05) is 21.6 Å². The van der Waals surface area contributed by atoms with Crippen molar-refractivity contribution in [3.63, 3.8) is 0 Å². The van der Waals surface area contributed by atoms with Gasteiger partial charge in [-0.15, -0.1) is 0 Å². The van der Waals surface area contributed by atoms with E-state index < -0.39 is 0 Å². The summed E-state index contributed by atoms with van der Waals surface area (Å²) in [5.74, 6) is 0. The molecule has 1 saturated heterocycles. The minimum absolute atomic E-state index is 0.371. The number of benzene rings is 5. The lowest BCUT2D eigenvalue weighted by Gasteiger charge is -2.32. The van der Waals surface area contributed by atoms with Crippen LogP contribution in [0, 0.1) is 0 Å². The first-order valence-corrected chi connectivity index (χ1v) is 15.2. The lowest BCUT2D eigenvalue weighted by Crippen LogP contribution is -2.41. The van der Waals surface area contributed by atoms with Crippen molar-refractivity contribution in [1.82, 2.24) is 0 Å². The normalized spacial score (nSPS) is 16.5. The predicted molar refractivity (Wildman–Crippen MR) is 176 cm³/mol. The minimum atomic E-state index is -0.384.